The zero-order valence-electron chi connectivity index (χ0n) is 10.5. The van der Waals surface area contributed by atoms with Crippen molar-refractivity contribution in [1.82, 2.24) is 4.90 Å². The molecule has 96 valence electrons. The first kappa shape index (κ1) is 12.6. The van der Waals surface area contributed by atoms with Crippen LogP contribution in [0, 0.1) is 5.92 Å². The van der Waals surface area contributed by atoms with E-state index < -0.39 is 0 Å². The normalized spacial score (nSPS) is 23.7. The standard InChI is InChI=1S/C14H23NO2/c16-10-4-9-15(13-7-3-8-13)14(17)11-12-5-1-2-6-12/h1,5,12-13,16H,2-4,6-11H2. The number of amides is 1. The molecule has 0 bridgehead atoms. The van der Waals surface area contributed by atoms with Crippen molar-refractivity contribution < 1.29 is 9.90 Å². The van der Waals surface area contributed by atoms with E-state index in [9.17, 15) is 4.79 Å². The van der Waals surface area contributed by atoms with E-state index in [1.807, 2.05) is 4.90 Å². The second-order valence-electron chi connectivity index (χ2n) is 5.22. The Bertz CT molecular complexity index is 284. The van der Waals surface area contributed by atoms with E-state index in [0.717, 1.165) is 32.2 Å². The van der Waals surface area contributed by atoms with Crippen LogP contribution in [-0.4, -0.2) is 35.1 Å². The first-order chi connectivity index (χ1) is 8.31. The topological polar surface area (TPSA) is 40.5 Å². The Morgan fingerprint density at radius 2 is 2.18 bits per heavy atom. The molecule has 17 heavy (non-hydrogen) atoms. The highest BCUT2D eigenvalue weighted by Crippen LogP contribution is 2.28. The molecule has 3 heteroatoms. The molecule has 0 aromatic rings. The first-order valence-corrected chi connectivity index (χ1v) is 6.88. The molecule has 2 aliphatic rings. The Kier molecular flexibility index (Phi) is 4.60. The van der Waals surface area contributed by atoms with E-state index in [1.54, 1.807) is 0 Å². The Balaban J connectivity index is 1.84. The smallest absolute Gasteiger partial charge is 0.223 e. The molecule has 2 rings (SSSR count). The van der Waals surface area contributed by atoms with E-state index in [0.29, 0.717) is 30.7 Å². The summed E-state index contributed by atoms with van der Waals surface area (Å²) in [7, 11) is 0. The molecule has 0 heterocycles. The summed E-state index contributed by atoms with van der Waals surface area (Å²) in [5, 5.41) is 8.90. The fraction of sp³-hybridized carbons (Fsp3) is 0.786. The largest absolute Gasteiger partial charge is 0.396 e. The van der Waals surface area contributed by atoms with Crippen LogP contribution in [0.1, 0.15) is 44.9 Å². The second kappa shape index (κ2) is 6.20. The number of allylic oxidation sites excluding steroid dienone is 2. The van der Waals surface area contributed by atoms with Crippen LogP contribution in [0.2, 0.25) is 0 Å². The van der Waals surface area contributed by atoms with Crippen LogP contribution in [0.5, 0.6) is 0 Å². The number of nitrogens with zero attached hydrogens (tertiary/aromatic N) is 1. The zero-order valence-corrected chi connectivity index (χ0v) is 10.5. The SMILES string of the molecule is O=C(CC1C=CCC1)N(CCCO)C1CCC1. The summed E-state index contributed by atoms with van der Waals surface area (Å²) >= 11 is 0. The fourth-order valence-electron chi connectivity index (χ4n) is 2.66. The van der Waals surface area contributed by atoms with Crippen molar-refractivity contribution in [3.8, 4) is 0 Å². The summed E-state index contributed by atoms with van der Waals surface area (Å²) in [6.07, 6.45) is 11.5. The van der Waals surface area contributed by atoms with Crippen LogP contribution in [0.25, 0.3) is 0 Å². The lowest BCUT2D eigenvalue weighted by atomic mass is 9.90. The van der Waals surface area contributed by atoms with Crippen molar-refractivity contribution in [3.05, 3.63) is 12.2 Å². The van der Waals surface area contributed by atoms with Gasteiger partial charge in [0.15, 0.2) is 0 Å². The van der Waals surface area contributed by atoms with E-state index in [-0.39, 0.29) is 6.61 Å². The minimum atomic E-state index is 0.180. The molecular formula is C14H23NO2. The number of carbonyl (C=O) groups excluding carboxylic acids is 1. The van der Waals surface area contributed by atoms with Gasteiger partial charge >= 0.3 is 0 Å². The van der Waals surface area contributed by atoms with E-state index >= 15 is 0 Å². The quantitative estimate of drug-likeness (QED) is 0.719. The molecular weight excluding hydrogens is 214 g/mol. The third-order valence-electron chi connectivity index (χ3n) is 3.94. The monoisotopic (exact) mass is 237 g/mol. The highest BCUT2D eigenvalue weighted by atomic mass is 16.3. The van der Waals surface area contributed by atoms with Crippen molar-refractivity contribution in [1.29, 1.82) is 0 Å². The molecule has 1 amide bonds. The number of aliphatic hydroxyl groups is 1. The maximum atomic E-state index is 12.2. The number of hydrogen-bond donors (Lipinski definition) is 1. The van der Waals surface area contributed by atoms with Gasteiger partial charge in [0, 0.05) is 25.6 Å². The minimum Gasteiger partial charge on any atom is -0.396 e. The molecule has 0 aliphatic heterocycles. The van der Waals surface area contributed by atoms with Crippen LogP contribution in [-0.2, 0) is 4.79 Å². The van der Waals surface area contributed by atoms with Crippen molar-refractivity contribution >= 4 is 5.91 Å². The van der Waals surface area contributed by atoms with Crippen molar-refractivity contribution in [2.45, 2.75) is 51.0 Å². The zero-order chi connectivity index (χ0) is 12.1. The molecule has 3 nitrogen and oxygen atoms in total. The molecule has 1 N–H and O–H groups in total. The predicted octanol–water partition coefficient (Wildman–Crippen LogP) is 2.11. The van der Waals surface area contributed by atoms with Crippen LogP contribution < -0.4 is 0 Å². The summed E-state index contributed by atoms with van der Waals surface area (Å²) in [6.45, 7) is 0.913. The van der Waals surface area contributed by atoms with Gasteiger partial charge in [-0.3, -0.25) is 4.79 Å². The Morgan fingerprint density at radius 3 is 2.71 bits per heavy atom. The average molecular weight is 237 g/mol. The minimum absolute atomic E-state index is 0.180. The van der Waals surface area contributed by atoms with Gasteiger partial charge < -0.3 is 10.0 Å². The highest BCUT2D eigenvalue weighted by Gasteiger charge is 2.29. The number of carbonyl (C=O) groups is 1. The van der Waals surface area contributed by atoms with Gasteiger partial charge in [-0.25, -0.2) is 0 Å². The van der Waals surface area contributed by atoms with Crippen LogP contribution in [0.4, 0.5) is 0 Å². The molecule has 0 radical (unpaired) electrons. The van der Waals surface area contributed by atoms with Crippen molar-refractivity contribution in [2.24, 2.45) is 5.92 Å². The van der Waals surface area contributed by atoms with Crippen LogP contribution >= 0.6 is 0 Å². The number of rotatable bonds is 6. The summed E-state index contributed by atoms with van der Waals surface area (Å²) in [5.74, 6) is 0.749. The number of hydrogen-bond acceptors (Lipinski definition) is 2. The Labute approximate surface area is 103 Å². The highest BCUT2D eigenvalue weighted by molar-refractivity contribution is 5.77. The summed E-state index contributed by atoms with van der Waals surface area (Å²) in [6, 6.07) is 0.458. The van der Waals surface area contributed by atoms with E-state index in [1.165, 1.54) is 6.42 Å². The summed E-state index contributed by atoms with van der Waals surface area (Å²) in [5.41, 5.74) is 0. The molecule has 1 atom stereocenters. The van der Waals surface area contributed by atoms with Gasteiger partial charge in [0.25, 0.3) is 0 Å². The summed E-state index contributed by atoms with van der Waals surface area (Å²) in [4.78, 5) is 14.3. The lowest BCUT2D eigenvalue weighted by Gasteiger charge is -2.38. The molecule has 0 aromatic carbocycles. The lowest BCUT2D eigenvalue weighted by molar-refractivity contribution is -0.136. The maximum absolute atomic E-state index is 12.2. The summed E-state index contributed by atoms with van der Waals surface area (Å²) < 4.78 is 0. The number of aliphatic hydroxyl groups excluding tert-OH is 1. The van der Waals surface area contributed by atoms with E-state index in [2.05, 4.69) is 12.2 Å². The van der Waals surface area contributed by atoms with Crippen LogP contribution in [0.3, 0.4) is 0 Å². The maximum Gasteiger partial charge on any atom is 0.223 e. The van der Waals surface area contributed by atoms with Gasteiger partial charge in [-0.1, -0.05) is 12.2 Å². The van der Waals surface area contributed by atoms with E-state index in [4.69, 9.17) is 5.11 Å². The molecule has 1 unspecified atom stereocenters. The third-order valence-corrected chi connectivity index (χ3v) is 3.94. The molecule has 0 aromatic heterocycles. The molecule has 0 saturated heterocycles. The van der Waals surface area contributed by atoms with Gasteiger partial charge in [0.2, 0.25) is 5.91 Å². The van der Waals surface area contributed by atoms with Crippen molar-refractivity contribution in [3.63, 3.8) is 0 Å². The van der Waals surface area contributed by atoms with Gasteiger partial charge in [0.05, 0.1) is 0 Å². The van der Waals surface area contributed by atoms with Crippen LogP contribution in [0.15, 0.2) is 12.2 Å². The predicted molar refractivity (Wildman–Crippen MR) is 67.5 cm³/mol. The third kappa shape index (κ3) is 3.32. The lowest BCUT2D eigenvalue weighted by Crippen LogP contribution is -2.45. The Hall–Kier alpha value is -0.830. The first-order valence-electron chi connectivity index (χ1n) is 6.88. The van der Waals surface area contributed by atoms with Gasteiger partial charge in [-0.15, -0.1) is 0 Å². The fourth-order valence-corrected chi connectivity index (χ4v) is 2.66. The van der Waals surface area contributed by atoms with Gasteiger partial charge in [-0.2, -0.15) is 0 Å². The molecule has 1 saturated carbocycles. The molecule has 0 spiro atoms. The van der Waals surface area contributed by atoms with Gasteiger partial charge in [-0.05, 0) is 44.4 Å². The average Bonchev–Trinajstić information content (AvgIpc) is 2.73. The second-order valence-corrected chi connectivity index (χ2v) is 5.22. The molecule has 2 aliphatic carbocycles. The van der Waals surface area contributed by atoms with Gasteiger partial charge in [0.1, 0.15) is 0 Å². The Morgan fingerprint density at radius 1 is 1.35 bits per heavy atom. The molecule has 1 fully saturated rings. The van der Waals surface area contributed by atoms with Crippen molar-refractivity contribution in [2.75, 3.05) is 13.2 Å².